The summed E-state index contributed by atoms with van der Waals surface area (Å²) in [6.07, 6.45) is 5.46. The standard InChI is InChI=1S/C29H35N3O3/c1-29(2,28(34)30-23-12-8-5-9-13-23)32(20-21-14-16-24(35-3)17-15-21)27(33)26-19-18-25(31-26)22-10-6-4-7-11-22/h4,6-7,10-11,14-19,23,31H,5,8-9,12-13,20H2,1-3H3,(H,30,34). The third kappa shape index (κ3) is 5.76. The second-order valence-electron chi connectivity index (χ2n) is 9.76. The smallest absolute Gasteiger partial charge is 0.271 e. The Hall–Kier alpha value is -3.54. The van der Waals surface area contributed by atoms with Gasteiger partial charge in [0.15, 0.2) is 0 Å². The number of ether oxygens (including phenoxy) is 1. The van der Waals surface area contributed by atoms with Gasteiger partial charge in [0.05, 0.1) is 7.11 Å². The van der Waals surface area contributed by atoms with Crippen molar-refractivity contribution in [2.75, 3.05) is 7.11 Å². The Morgan fingerprint density at radius 3 is 2.31 bits per heavy atom. The molecule has 6 nitrogen and oxygen atoms in total. The van der Waals surface area contributed by atoms with Crippen molar-refractivity contribution in [2.45, 2.75) is 64.1 Å². The Morgan fingerprint density at radius 1 is 0.971 bits per heavy atom. The van der Waals surface area contributed by atoms with Crippen molar-refractivity contribution < 1.29 is 14.3 Å². The molecule has 0 aliphatic heterocycles. The fraction of sp³-hybridized carbons (Fsp3) is 0.379. The minimum atomic E-state index is -1.05. The van der Waals surface area contributed by atoms with Gasteiger partial charge in [0.25, 0.3) is 5.91 Å². The van der Waals surface area contributed by atoms with Gasteiger partial charge in [-0.1, -0.05) is 61.7 Å². The Labute approximate surface area is 207 Å². The summed E-state index contributed by atoms with van der Waals surface area (Å²) in [5.74, 6) is 0.408. The lowest BCUT2D eigenvalue weighted by atomic mass is 9.93. The van der Waals surface area contributed by atoms with Crippen molar-refractivity contribution >= 4 is 11.8 Å². The van der Waals surface area contributed by atoms with E-state index in [4.69, 9.17) is 4.74 Å². The van der Waals surface area contributed by atoms with E-state index in [9.17, 15) is 9.59 Å². The van der Waals surface area contributed by atoms with Gasteiger partial charge in [-0.05, 0) is 62.1 Å². The quantitative estimate of drug-likeness (QED) is 0.450. The minimum absolute atomic E-state index is 0.124. The Balaban J connectivity index is 1.61. The summed E-state index contributed by atoms with van der Waals surface area (Å²) in [7, 11) is 1.62. The van der Waals surface area contributed by atoms with Crippen LogP contribution in [0.1, 0.15) is 62.0 Å². The summed E-state index contributed by atoms with van der Waals surface area (Å²) in [4.78, 5) is 32.3. The van der Waals surface area contributed by atoms with Crippen LogP contribution in [-0.4, -0.2) is 40.4 Å². The Kier molecular flexibility index (Phi) is 7.59. The highest BCUT2D eigenvalue weighted by atomic mass is 16.5. The topological polar surface area (TPSA) is 74.4 Å². The van der Waals surface area contributed by atoms with Crippen LogP contribution < -0.4 is 10.1 Å². The number of aromatic amines is 1. The van der Waals surface area contributed by atoms with Crippen LogP contribution in [0.3, 0.4) is 0 Å². The fourth-order valence-electron chi connectivity index (χ4n) is 4.62. The van der Waals surface area contributed by atoms with Crippen LogP contribution in [0.2, 0.25) is 0 Å². The first-order chi connectivity index (χ1) is 16.9. The number of carbonyl (C=O) groups excluding carboxylic acids is 2. The first-order valence-electron chi connectivity index (χ1n) is 12.4. The molecule has 6 heteroatoms. The number of benzene rings is 2. The number of amides is 2. The number of hydrogen-bond donors (Lipinski definition) is 2. The molecule has 3 aromatic rings. The Morgan fingerprint density at radius 2 is 1.66 bits per heavy atom. The molecule has 1 aromatic heterocycles. The van der Waals surface area contributed by atoms with E-state index >= 15 is 0 Å². The molecule has 0 radical (unpaired) electrons. The fourth-order valence-corrected chi connectivity index (χ4v) is 4.62. The number of hydrogen-bond acceptors (Lipinski definition) is 3. The summed E-state index contributed by atoms with van der Waals surface area (Å²) in [6, 6.07) is 21.4. The zero-order valence-corrected chi connectivity index (χ0v) is 20.8. The molecule has 1 aliphatic carbocycles. The maximum atomic E-state index is 13.9. The predicted octanol–water partition coefficient (Wildman–Crippen LogP) is 5.56. The van der Waals surface area contributed by atoms with Gasteiger partial charge in [0.2, 0.25) is 5.91 Å². The van der Waals surface area contributed by atoms with Gasteiger partial charge >= 0.3 is 0 Å². The van der Waals surface area contributed by atoms with E-state index < -0.39 is 5.54 Å². The van der Waals surface area contributed by atoms with Gasteiger partial charge < -0.3 is 19.9 Å². The lowest BCUT2D eigenvalue weighted by Crippen LogP contribution is -2.58. The average molecular weight is 474 g/mol. The van der Waals surface area contributed by atoms with Crippen molar-refractivity contribution in [3.05, 3.63) is 78.0 Å². The largest absolute Gasteiger partial charge is 0.497 e. The molecule has 184 valence electrons. The van der Waals surface area contributed by atoms with Gasteiger partial charge in [0.1, 0.15) is 17.0 Å². The molecule has 2 aromatic carbocycles. The second kappa shape index (κ2) is 10.8. The normalized spacial score (nSPS) is 14.4. The van der Waals surface area contributed by atoms with E-state index in [0.717, 1.165) is 48.3 Å². The molecule has 1 fully saturated rings. The molecule has 35 heavy (non-hydrogen) atoms. The molecule has 0 spiro atoms. The molecule has 1 aliphatic rings. The maximum Gasteiger partial charge on any atom is 0.271 e. The van der Waals surface area contributed by atoms with E-state index in [1.54, 1.807) is 18.1 Å². The van der Waals surface area contributed by atoms with Crippen LogP contribution in [0.25, 0.3) is 11.3 Å². The zero-order valence-electron chi connectivity index (χ0n) is 20.8. The van der Waals surface area contributed by atoms with Crippen LogP contribution in [0.4, 0.5) is 0 Å². The first kappa shape index (κ1) is 24.6. The summed E-state index contributed by atoms with van der Waals surface area (Å²) >= 11 is 0. The van der Waals surface area contributed by atoms with Gasteiger partial charge in [-0.15, -0.1) is 0 Å². The molecular weight excluding hydrogens is 438 g/mol. The third-order valence-electron chi connectivity index (χ3n) is 6.92. The minimum Gasteiger partial charge on any atom is -0.497 e. The average Bonchev–Trinajstić information content (AvgIpc) is 3.39. The molecule has 4 rings (SSSR count). The first-order valence-corrected chi connectivity index (χ1v) is 12.4. The SMILES string of the molecule is COc1ccc(CN(C(=O)c2ccc(-c3ccccc3)[nH]2)C(C)(C)C(=O)NC2CCCCC2)cc1. The molecule has 1 heterocycles. The number of nitrogens with one attached hydrogen (secondary N) is 2. The van der Waals surface area contributed by atoms with E-state index in [1.807, 2.05) is 74.5 Å². The number of methoxy groups -OCH3 is 1. The van der Waals surface area contributed by atoms with Crippen LogP contribution in [-0.2, 0) is 11.3 Å². The molecular formula is C29H35N3O3. The lowest BCUT2D eigenvalue weighted by molar-refractivity contribution is -0.131. The van der Waals surface area contributed by atoms with Crippen molar-refractivity contribution in [2.24, 2.45) is 0 Å². The van der Waals surface area contributed by atoms with Crippen LogP contribution in [0.5, 0.6) is 5.75 Å². The summed E-state index contributed by atoms with van der Waals surface area (Å²) in [5, 5.41) is 3.22. The van der Waals surface area contributed by atoms with Gasteiger partial charge in [-0.25, -0.2) is 0 Å². The van der Waals surface area contributed by atoms with E-state index in [2.05, 4.69) is 10.3 Å². The number of carbonyl (C=O) groups is 2. The predicted molar refractivity (Wildman–Crippen MR) is 138 cm³/mol. The molecule has 0 unspecified atom stereocenters. The van der Waals surface area contributed by atoms with Gasteiger partial charge in [0, 0.05) is 18.3 Å². The van der Waals surface area contributed by atoms with Crippen LogP contribution in [0.15, 0.2) is 66.7 Å². The highest BCUT2D eigenvalue weighted by Crippen LogP contribution is 2.26. The summed E-state index contributed by atoms with van der Waals surface area (Å²) < 4.78 is 5.28. The molecule has 2 amide bonds. The molecule has 0 bridgehead atoms. The number of H-pyrrole nitrogens is 1. The van der Waals surface area contributed by atoms with Crippen LogP contribution in [0, 0.1) is 0 Å². The molecule has 2 N–H and O–H groups in total. The van der Waals surface area contributed by atoms with Gasteiger partial charge in [-0.2, -0.15) is 0 Å². The van der Waals surface area contributed by atoms with Crippen molar-refractivity contribution in [1.82, 2.24) is 15.2 Å². The highest BCUT2D eigenvalue weighted by molar-refractivity contribution is 5.98. The third-order valence-corrected chi connectivity index (χ3v) is 6.92. The van der Waals surface area contributed by atoms with Crippen molar-refractivity contribution in [1.29, 1.82) is 0 Å². The summed E-state index contributed by atoms with van der Waals surface area (Å²) in [6.45, 7) is 3.95. The second-order valence-corrected chi connectivity index (χ2v) is 9.76. The lowest BCUT2D eigenvalue weighted by Gasteiger charge is -2.38. The molecule has 0 atom stereocenters. The Bertz CT molecular complexity index is 1130. The van der Waals surface area contributed by atoms with Gasteiger partial charge in [-0.3, -0.25) is 9.59 Å². The van der Waals surface area contributed by atoms with Crippen molar-refractivity contribution in [3.63, 3.8) is 0 Å². The molecule has 0 saturated heterocycles. The number of aromatic nitrogens is 1. The summed E-state index contributed by atoms with van der Waals surface area (Å²) in [5.41, 5.74) is 2.20. The maximum absolute atomic E-state index is 13.9. The van der Waals surface area contributed by atoms with Crippen LogP contribution >= 0.6 is 0 Å². The monoisotopic (exact) mass is 473 g/mol. The van der Waals surface area contributed by atoms with E-state index in [-0.39, 0.29) is 17.9 Å². The van der Waals surface area contributed by atoms with Crippen molar-refractivity contribution in [3.8, 4) is 17.0 Å². The highest BCUT2D eigenvalue weighted by Gasteiger charge is 2.39. The molecule has 1 saturated carbocycles. The number of nitrogens with zero attached hydrogens (tertiary/aromatic N) is 1. The zero-order chi connectivity index (χ0) is 24.8. The van der Waals surface area contributed by atoms with E-state index in [1.165, 1.54) is 6.42 Å². The van der Waals surface area contributed by atoms with E-state index in [0.29, 0.717) is 12.2 Å². The number of rotatable bonds is 8.